The molecule has 0 bridgehead atoms. The normalized spacial score (nSPS) is 15.1. The minimum absolute atomic E-state index is 0.359. The van der Waals surface area contributed by atoms with Crippen molar-refractivity contribution in [1.82, 2.24) is 4.90 Å². The molecule has 1 atom stereocenters. The van der Waals surface area contributed by atoms with Gasteiger partial charge in [-0.05, 0) is 63.1 Å². The number of esters is 1. The molecule has 174 valence electrons. The smallest absolute Gasteiger partial charge is 0.341 e. The zero-order chi connectivity index (χ0) is 23.8. The standard InChI is InChI=1S/C22H29N3O5S2/c1-13-7-8-16(11-14(13)2)25(32(6,28)29)15(3)20(26)23-21-19(22(27)30-5)17-9-10-24(4)12-18(17)31-21/h7-8,11,15H,9-10,12H2,1-6H3,(H,23,26)/t15-/m0/s1. The second kappa shape index (κ2) is 9.21. The van der Waals surface area contributed by atoms with Crippen molar-refractivity contribution >= 4 is 43.9 Å². The Morgan fingerprint density at radius 3 is 2.53 bits per heavy atom. The number of anilines is 2. The minimum Gasteiger partial charge on any atom is -0.465 e. The van der Waals surface area contributed by atoms with Crippen molar-refractivity contribution < 1.29 is 22.7 Å². The van der Waals surface area contributed by atoms with Crippen LogP contribution in [0.25, 0.3) is 0 Å². The number of benzene rings is 1. The summed E-state index contributed by atoms with van der Waals surface area (Å²) in [6.45, 7) is 6.83. The monoisotopic (exact) mass is 479 g/mol. The van der Waals surface area contributed by atoms with Crippen LogP contribution in [-0.4, -0.2) is 58.2 Å². The van der Waals surface area contributed by atoms with E-state index in [9.17, 15) is 18.0 Å². The Labute approximate surface area is 193 Å². The van der Waals surface area contributed by atoms with Crippen LogP contribution in [0.2, 0.25) is 0 Å². The summed E-state index contributed by atoms with van der Waals surface area (Å²) in [6.07, 6.45) is 1.75. The Bertz CT molecular complexity index is 1160. The average molecular weight is 480 g/mol. The molecule has 32 heavy (non-hydrogen) atoms. The Hall–Kier alpha value is -2.43. The van der Waals surface area contributed by atoms with E-state index in [-0.39, 0.29) is 0 Å². The molecule has 0 fully saturated rings. The molecular weight excluding hydrogens is 450 g/mol. The molecule has 0 saturated heterocycles. The van der Waals surface area contributed by atoms with Crippen molar-refractivity contribution in [2.75, 3.05) is 36.6 Å². The lowest BCUT2D eigenvalue weighted by Crippen LogP contribution is -2.45. The summed E-state index contributed by atoms with van der Waals surface area (Å²) < 4.78 is 31.3. The van der Waals surface area contributed by atoms with Crippen molar-refractivity contribution in [2.24, 2.45) is 0 Å². The number of fused-ring (bicyclic) bond motifs is 1. The van der Waals surface area contributed by atoms with Crippen LogP contribution in [-0.2, 0) is 32.5 Å². The Balaban J connectivity index is 1.96. The summed E-state index contributed by atoms with van der Waals surface area (Å²) in [4.78, 5) is 28.8. The predicted octanol–water partition coefficient (Wildman–Crippen LogP) is 2.93. The molecule has 3 rings (SSSR count). The highest BCUT2D eigenvalue weighted by Crippen LogP contribution is 2.37. The fraction of sp³-hybridized carbons (Fsp3) is 0.455. The SMILES string of the molecule is COC(=O)c1c(NC(=O)[C@H](C)N(c2ccc(C)c(C)c2)S(C)(=O)=O)sc2c1CCN(C)C2. The summed E-state index contributed by atoms with van der Waals surface area (Å²) in [6, 6.07) is 4.23. The van der Waals surface area contributed by atoms with Crippen molar-refractivity contribution in [3.05, 3.63) is 45.3 Å². The van der Waals surface area contributed by atoms with Crippen LogP contribution in [0.3, 0.4) is 0 Å². The summed E-state index contributed by atoms with van der Waals surface area (Å²) in [5, 5.41) is 3.19. The summed E-state index contributed by atoms with van der Waals surface area (Å²) in [5.41, 5.74) is 3.61. The van der Waals surface area contributed by atoms with Gasteiger partial charge in [-0.25, -0.2) is 13.2 Å². The van der Waals surface area contributed by atoms with Gasteiger partial charge in [-0.3, -0.25) is 9.10 Å². The Morgan fingerprint density at radius 2 is 1.94 bits per heavy atom. The zero-order valence-corrected chi connectivity index (χ0v) is 20.8. The third kappa shape index (κ3) is 4.82. The van der Waals surface area contributed by atoms with E-state index in [0.717, 1.165) is 38.7 Å². The van der Waals surface area contributed by atoms with Gasteiger partial charge < -0.3 is 15.0 Å². The summed E-state index contributed by atoms with van der Waals surface area (Å²) in [5.74, 6) is -1.03. The molecule has 0 saturated carbocycles. The van der Waals surface area contributed by atoms with Crippen LogP contribution in [0, 0.1) is 13.8 Å². The van der Waals surface area contributed by atoms with E-state index in [1.165, 1.54) is 25.4 Å². The van der Waals surface area contributed by atoms with E-state index < -0.39 is 27.9 Å². The third-order valence-corrected chi connectivity index (χ3v) is 8.08. The molecule has 1 aromatic carbocycles. The number of ether oxygens (including phenoxy) is 1. The first-order chi connectivity index (χ1) is 14.9. The topological polar surface area (TPSA) is 96.0 Å². The van der Waals surface area contributed by atoms with Crippen LogP contribution in [0.1, 0.15) is 38.8 Å². The first kappa shape index (κ1) is 24.2. The molecule has 0 unspecified atom stereocenters. The lowest BCUT2D eigenvalue weighted by Gasteiger charge is -2.28. The molecular formula is C22H29N3O5S2. The number of methoxy groups -OCH3 is 1. The molecule has 10 heteroatoms. The maximum absolute atomic E-state index is 13.2. The van der Waals surface area contributed by atoms with Crippen LogP contribution in [0.15, 0.2) is 18.2 Å². The second-order valence-corrected chi connectivity index (χ2v) is 11.1. The first-order valence-corrected chi connectivity index (χ1v) is 12.9. The zero-order valence-electron chi connectivity index (χ0n) is 19.2. The number of rotatable bonds is 6. The number of likely N-dealkylation sites (N-methyl/N-ethyl adjacent to an activating group) is 1. The van der Waals surface area contributed by atoms with E-state index in [2.05, 4.69) is 10.2 Å². The number of hydrogen-bond donors (Lipinski definition) is 1. The highest BCUT2D eigenvalue weighted by molar-refractivity contribution is 7.92. The quantitative estimate of drug-likeness (QED) is 0.640. The van der Waals surface area contributed by atoms with Crippen molar-refractivity contribution in [3.8, 4) is 0 Å². The molecule has 2 heterocycles. The maximum atomic E-state index is 13.2. The van der Waals surface area contributed by atoms with Crippen LogP contribution < -0.4 is 9.62 Å². The lowest BCUT2D eigenvalue weighted by atomic mass is 10.0. The highest BCUT2D eigenvalue weighted by Gasteiger charge is 2.33. The van der Waals surface area contributed by atoms with Gasteiger partial charge in [0.25, 0.3) is 0 Å². The van der Waals surface area contributed by atoms with Crippen LogP contribution in [0.4, 0.5) is 10.7 Å². The maximum Gasteiger partial charge on any atom is 0.341 e. The molecule has 1 aromatic heterocycles. The molecule has 0 radical (unpaired) electrons. The molecule has 1 amide bonds. The number of thiophene rings is 1. The van der Waals surface area contributed by atoms with Gasteiger partial charge in [-0.15, -0.1) is 11.3 Å². The molecule has 0 spiro atoms. The summed E-state index contributed by atoms with van der Waals surface area (Å²) >= 11 is 1.33. The first-order valence-electron chi connectivity index (χ1n) is 10.2. The average Bonchev–Trinajstić information content (AvgIpc) is 3.05. The Morgan fingerprint density at radius 1 is 1.25 bits per heavy atom. The third-order valence-electron chi connectivity index (χ3n) is 5.71. The van der Waals surface area contributed by atoms with E-state index >= 15 is 0 Å². The van der Waals surface area contributed by atoms with E-state index in [0.29, 0.717) is 29.2 Å². The molecule has 2 aromatic rings. The highest BCUT2D eigenvalue weighted by atomic mass is 32.2. The van der Waals surface area contributed by atoms with Gasteiger partial charge in [0, 0.05) is 18.0 Å². The summed E-state index contributed by atoms with van der Waals surface area (Å²) in [7, 11) is -0.447. The van der Waals surface area contributed by atoms with Crippen molar-refractivity contribution in [2.45, 2.75) is 39.8 Å². The van der Waals surface area contributed by atoms with Gasteiger partial charge in [0.05, 0.1) is 24.6 Å². The van der Waals surface area contributed by atoms with Crippen LogP contribution in [0.5, 0.6) is 0 Å². The number of nitrogens with zero attached hydrogens (tertiary/aromatic N) is 2. The van der Waals surface area contributed by atoms with Crippen LogP contribution >= 0.6 is 11.3 Å². The number of hydrogen-bond acceptors (Lipinski definition) is 7. The predicted molar refractivity (Wildman–Crippen MR) is 127 cm³/mol. The van der Waals surface area contributed by atoms with Crippen molar-refractivity contribution in [3.63, 3.8) is 0 Å². The molecule has 8 nitrogen and oxygen atoms in total. The number of carbonyl (C=O) groups excluding carboxylic acids is 2. The minimum atomic E-state index is -3.75. The fourth-order valence-corrected chi connectivity index (χ4v) is 6.31. The number of carbonyl (C=O) groups is 2. The lowest BCUT2D eigenvalue weighted by molar-refractivity contribution is -0.116. The van der Waals surface area contributed by atoms with E-state index in [4.69, 9.17) is 4.74 Å². The van der Waals surface area contributed by atoms with Gasteiger partial charge in [0.15, 0.2) is 0 Å². The van der Waals surface area contributed by atoms with Gasteiger partial charge in [0.2, 0.25) is 15.9 Å². The van der Waals surface area contributed by atoms with Crippen molar-refractivity contribution in [1.29, 1.82) is 0 Å². The number of nitrogens with one attached hydrogen (secondary N) is 1. The van der Waals surface area contributed by atoms with E-state index in [1.807, 2.05) is 27.0 Å². The van der Waals surface area contributed by atoms with Gasteiger partial charge in [-0.2, -0.15) is 0 Å². The molecule has 1 aliphatic rings. The second-order valence-electron chi connectivity index (χ2n) is 8.18. The number of aryl methyl sites for hydroxylation is 2. The van der Waals surface area contributed by atoms with E-state index in [1.54, 1.807) is 12.1 Å². The van der Waals surface area contributed by atoms with Gasteiger partial charge in [-0.1, -0.05) is 6.07 Å². The number of amides is 1. The van der Waals surface area contributed by atoms with Gasteiger partial charge in [0.1, 0.15) is 11.0 Å². The number of sulfonamides is 1. The largest absolute Gasteiger partial charge is 0.465 e. The molecule has 0 aliphatic carbocycles. The molecule has 1 N–H and O–H groups in total. The Kier molecular flexibility index (Phi) is 6.97. The molecule has 1 aliphatic heterocycles. The van der Waals surface area contributed by atoms with Gasteiger partial charge >= 0.3 is 5.97 Å². The fourth-order valence-electron chi connectivity index (χ4n) is 3.83.